The van der Waals surface area contributed by atoms with Gasteiger partial charge >= 0.3 is 0 Å². The van der Waals surface area contributed by atoms with Crippen molar-refractivity contribution in [2.24, 2.45) is 5.73 Å². The van der Waals surface area contributed by atoms with E-state index in [4.69, 9.17) is 10.5 Å². The average molecular weight is 212 g/mol. The van der Waals surface area contributed by atoms with Crippen LogP contribution in [0.5, 0.6) is 0 Å². The Morgan fingerprint density at radius 1 is 1.27 bits per heavy atom. The number of nitrogens with zero attached hydrogens (tertiary/aromatic N) is 1. The van der Waals surface area contributed by atoms with Gasteiger partial charge in [0.05, 0.1) is 11.2 Å². The maximum atomic E-state index is 6.11. The second-order valence-electron chi connectivity index (χ2n) is 6.23. The Labute approximate surface area is 93.0 Å². The van der Waals surface area contributed by atoms with Crippen molar-refractivity contribution in [1.82, 2.24) is 4.90 Å². The minimum atomic E-state index is -0.0342. The Bertz CT molecular complexity index is 250. The van der Waals surface area contributed by atoms with Crippen molar-refractivity contribution >= 4 is 0 Å². The molecule has 15 heavy (non-hydrogen) atoms. The topological polar surface area (TPSA) is 38.5 Å². The van der Waals surface area contributed by atoms with Crippen LogP contribution in [0.1, 0.15) is 40.5 Å². The largest absolute Gasteiger partial charge is 0.368 e. The molecule has 0 aromatic rings. The quantitative estimate of drug-likeness (QED) is 0.713. The first kappa shape index (κ1) is 11.4. The molecule has 0 aromatic heterocycles. The highest BCUT2D eigenvalue weighted by Gasteiger charge is 2.49. The first-order valence-corrected chi connectivity index (χ1v) is 6.00. The lowest BCUT2D eigenvalue weighted by Gasteiger charge is -2.33. The Morgan fingerprint density at radius 3 is 2.33 bits per heavy atom. The number of hydrogen-bond donors (Lipinski definition) is 1. The van der Waals surface area contributed by atoms with Crippen LogP contribution in [-0.4, -0.2) is 41.3 Å². The molecule has 2 fully saturated rings. The summed E-state index contributed by atoms with van der Waals surface area (Å²) in [5.74, 6) is 0. The van der Waals surface area contributed by atoms with E-state index in [1.807, 2.05) is 0 Å². The summed E-state index contributed by atoms with van der Waals surface area (Å²) in [6.07, 6.45) is 2.25. The molecule has 2 atom stereocenters. The maximum absolute atomic E-state index is 6.11. The first-order chi connectivity index (χ1) is 6.80. The van der Waals surface area contributed by atoms with Crippen LogP contribution in [0, 0.1) is 0 Å². The summed E-state index contributed by atoms with van der Waals surface area (Å²) in [7, 11) is 0. The third-order valence-corrected chi connectivity index (χ3v) is 3.72. The predicted molar refractivity (Wildman–Crippen MR) is 61.8 cm³/mol. The van der Waals surface area contributed by atoms with Gasteiger partial charge in [-0.05, 0) is 40.5 Å². The van der Waals surface area contributed by atoms with E-state index in [-0.39, 0.29) is 11.2 Å². The van der Waals surface area contributed by atoms with E-state index >= 15 is 0 Å². The summed E-state index contributed by atoms with van der Waals surface area (Å²) in [6.45, 7) is 10.9. The molecule has 88 valence electrons. The van der Waals surface area contributed by atoms with Crippen molar-refractivity contribution < 1.29 is 4.74 Å². The van der Waals surface area contributed by atoms with Crippen LogP contribution in [0.3, 0.4) is 0 Å². The summed E-state index contributed by atoms with van der Waals surface area (Å²) >= 11 is 0. The summed E-state index contributed by atoms with van der Waals surface area (Å²) in [4.78, 5) is 2.51. The molecule has 0 aliphatic carbocycles. The van der Waals surface area contributed by atoms with Gasteiger partial charge in [0, 0.05) is 25.2 Å². The van der Waals surface area contributed by atoms with E-state index in [9.17, 15) is 0 Å². The van der Waals surface area contributed by atoms with Crippen molar-refractivity contribution in [2.75, 3.05) is 13.1 Å². The van der Waals surface area contributed by atoms with Crippen molar-refractivity contribution in [3.63, 3.8) is 0 Å². The highest BCUT2D eigenvalue weighted by atomic mass is 16.5. The molecule has 2 unspecified atom stereocenters. The molecule has 0 amide bonds. The van der Waals surface area contributed by atoms with E-state index in [1.54, 1.807) is 0 Å². The van der Waals surface area contributed by atoms with Crippen LogP contribution >= 0.6 is 0 Å². The third-order valence-electron chi connectivity index (χ3n) is 3.72. The minimum Gasteiger partial charge on any atom is -0.368 e. The molecular formula is C12H24N2O. The van der Waals surface area contributed by atoms with Gasteiger partial charge in [-0.1, -0.05) is 0 Å². The van der Waals surface area contributed by atoms with Gasteiger partial charge in [0.15, 0.2) is 0 Å². The Hall–Kier alpha value is -0.120. The van der Waals surface area contributed by atoms with Gasteiger partial charge in [-0.25, -0.2) is 0 Å². The standard InChI is InChI=1S/C12H24N2O/c1-11(2)7-10(12(3,4)15-11)14-6-5-9(13)8-14/h9-10H,5-8,13H2,1-4H3. The first-order valence-electron chi connectivity index (χ1n) is 6.00. The van der Waals surface area contributed by atoms with Gasteiger partial charge in [-0.2, -0.15) is 0 Å². The number of hydrogen-bond acceptors (Lipinski definition) is 3. The zero-order valence-corrected chi connectivity index (χ0v) is 10.4. The van der Waals surface area contributed by atoms with Gasteiger partial charge in [0.2, 0.25) is 0 Å². The molecule has 0 radical (unpaired) electrons. The maximum Gasteiger partial charge on any atom is 0.0789 e. The zero-order valence-electron chi connectivity index (χ0n) is 10.4. The molecule has 3 heteroatoms. The zero-order chi connectivity index (χ0) is 11.3. The Balaban J connectivity index is 2.09. The molecule has 2 rings (SSSR count). The fourth-order valence-corrected chi connectivity index (χ4v) is 3.20. The average Bonchev–Trinajstić information content (AvgIpc) is 2.52. The van der Waals surface area contributed by atoms with Crippen LogP contribution in [0.4, 0.5) is 0 Å². The van der Waals surface area contributed by atoms with Crippen LogP contribution < -0.4 is 5.73 Å². The molecule has 2 saturated heterocycles. The van der Waals surface area contributed by atoms with Crippen LogP contribution in [0.15, 0.2) is 0 Å². The monoisotopic (exact) mass is 212 g/mol. The molecule has 0 aromatic carbocycles. The SMILES string of the molecule is CC1(C)CC(N2CCC(N)C2)C(C)(C)O1. The van der Waals surface area contributed by atoms with Crippen LogP contribution in [0.25, 0.3) is 0 Å². The molecule has 2 N–H and O–H groups in total. The van der Waals surface area contributed by atoms with E-state index in [2.05, 4.69) is 32.6 Å². The molecular weight excluding hydrogens is 188 g/mol. The van der Waals surface area contributed by atoms with E-state index in [0.29, 0.717) is 12.1 Å². The Kier molecular flexibility index (Phi) is 2.61. The third kappa shape index (κ3) is 2.19. The second kappa shape index (κ2) is 3.44. The lowest BCUT2D eigenvalue weighted by Crippen LogP contribution is -2.46. The van der Waals surface area contributed by atoms with Gasteiger partial charge in [-0.3, -0.25) is 4.90 Å². The van der Waals surface area contributed by atoms with E-state index < -0.39 is 0 Å². The smallest absolute Gasteiger partial charge is 0.0789 e. The fourth-order valence-electron chi connectivity index (χ4n) is 3.20. The second-order valence-corrected chi connectivity index (χ2v) is 6.23. The fraction of sp³-hybridized carbons (Fsp3) is 1.00. The minimum absolute atomic E-state index is 0.0147. The van der Waals surface area contributed by atoms with Gasteiger partial charge in [0.25, 0.3) is 0 Å². The number of nitrogens with two attached hydrogens (primary N) is 1. The van der Waals surface area contributed by atoms with E-state index in [1.165, 1.54) is 0 Å². The summed E-state index contributed by atoms with van der Waals surface area (Å²) in [5.41, 5.74) is 5.95. The van der Waals surface area contributed by atoms with Crippen LogP contribution in [-0.2, 0) is 4.74 Å². The molecule has 2 aliphatic heterocycles. The number of rotatable bonds is 1. The Morgan fingerprint density at radius 2 is 1.93 bits per heavy atom. The highest BCUT2D eigenvalue weighted by Crippen LogP contribution is 2.40. The molecule has 0 spiro atoms. The van der Waals surface area contributed by atoms with Crippen molar-refractivity contribution in [3.05, 3.63) is 0 Å². The summed E-state index contributed by atoms with van der Waals surface area (Å²) < 4.78 is 6.11. The van der Waals surface area contributed by atoms with Crippen molar-refractivity contribution in [3.8, 4) is 0 Å². The normalized spacial score (nSPS) is 39.8. The van der Waals surface area contributed by atoms with Crippen molar-refractivity contribution in [1.29, 1.82) is 0 Å². The van der Waals surface area contributed by atoms with Gasteiger partial charge in [0.1, 0.15) is 0 Å². The van der Waals surface area contributed by atoms with E-state index in [0.717, 1.165) is 25.9 Å². The number of likely N-dealkylation sites (tertiary alicyclic amines) is 1. The molecule has 2 aliphatic rings. The van der Waals surface area contributed by atoms with Crippen molar-refractivity contribution in [2.45, 2.75) is 63.8 Å². The molecule has 0 saturated carbocycles. The number of ether oxygens (including phenoxy) is 1. The van der Waals surface area contributed by atoms with Gasteiger partial charge in [-0.15, -0.1) is 0 Å². The summed E-state index contributed by atoms with van der Waals surface area (Å²) in [5, 5.41) is 0. The highest BCUT2D eigenvalue weighted by molar-refractivity contribution is 5.01. The van der Waals surface area contributed by atoms with Crippen LogP contribution in [0.2, 0.25) is 0 Å². The molecule has 2 heterocycles. The lowest BCUT2D eigenvalue weighted by atomic mass is 9.93. The molecule has 3 nitrogen and oxygen atoms in total. The summed E-state index contributed by atoms with van der Waals surface area (Å²) in [6, 6.07) is 0.894. The molecule has 0 bridgehead atoms. The van der Waals surface area contributed by atoms with Gasteiger partial charge < -0.3 is 10.5 Å². The lowest BCUT2D eigenvalue weighted by molar-refractivity contribution is -0.0789. The predicted octanol–water partition coefficient (Wildman–Crippen LogP) is 1.37.